The third-order valence-corrected chi connectivity index (χ3v) is 6.34. The van der Waals surface area contributed by atoms with Gasteiger partial charge in [-0.25, -0.2) is 12.8 Å². The lowest BCUT2D eigenvalue weighted by Crippen LogP contribution is -2.41. The first-order valence-electron chi connectivity index (χ1n) is 8.31. The molecule has 1 aromatic heterocycles. The molecule has 1 amide bonds. The molecule has 6 nitrogen and oxygen atoms in total. The SMILES string of the molecule is Cc1ccc(F)cc1S(=O)(=O)N(Cc1ccncc1)C[C@@H]1CCC(=O)N1. The van der Waals surface area contributed by atoms with Gasteiger partial charge in [0.1, 0.15) is 5.82 Å². The van der Waals surface area contributed by atoms with E-state index in [-0.39, 0.29) is 29.9 Å². The second-order valence-corrected chi connectivity index (χ2v) is 8.27. The molecule has 0 radical (unpaired) electrons. The quantitative estimate of drug-likeness (QED) is 0.835. The number of pyridine rings is 1. The standard InChI is InChI=1S/C18H20FN3O3S/c1-13-2-3-15(19)10-17(13)26(24,25)22(11-14-6-8-20-9-7-14)12-16-4-5-18(23)21-16/h2-3,6-10,16H,4-5,11-12H2,1H3,(H,21,23)/t16-/m0/s1. The summed E-state index contributed by atoms with van der Waals surface area (Å²) in [4.78, 5) is 15.4. The van der Waals surface area contributed by atoms with Gasteiger partial charge in [-0.3, -0.25) is 9.78 Å². The maximum absolute atomic E-state index is 13.7. The van der Waals surface area contributed by atoms with Gasteiger partial charge in [0.15, 0.2) is 0 Å². The molecule has 1 fully saturated rings. The van der Waals surface area contributed by atoms with Crippen molar-refractivity contribution in [1.82, 2.24) is 14.6 Å². The van der Waals surface area contributed by atoms with Crippen LogP contribution < -0.4 is 5.32 Å². The van der Waals surface area contributed by atoms with Crippen molar-refractivity contribution < 1.29 is 17.6 Å². The van der Waals surface area contributed by atoms with E-state index in [1.807, 2.05) is 0 Å². The van der Waals surface area contributed by atoms with Gasteiger partial charge in [-0.15, -0.1) is 0 Å². The number of carbonyl (C=O) groups is 1. The lowest BCUT2D eigenvalue weighted by Gasteiger charge is -2.26. The van der Waals surface area contributed by atoms with Crippen LogP contribution in [-0.4, -0.2) is 36.2 Å². The van der Waals surface area contributed by atoms with Gasteiger partial charge in [-0.1, -0.05) is 6.07 Å². The van der Waals surface area contributed by atoms with Gasteiger partial charge >= 0.3 is 0 Å². The van der Waals surface area contributed by atoms with Crippen molar-refractivity contribution in [2.75, 3.05) is 6.54 Å². The van der Waals surface area contributed by atoms with Crippen LogP contribution in [0.15, 0.2) is 47.6 Å². The van der Waals surface area contributed by atoms with Crippen molar-refractivity contribution in [3.05, 3.63) is 59.7 Å². The van der Waals surface area contributed by atoms with E-state index in [1.165, 1.54) is 16.4 Å². The predicted molar refractivity (Wildman–Crippen MR) is 94.1 cm³/mol. The van der Waals surface area contributed by atoms with E-state index in [0.29, 0.717) is 18.4 Å². The molecule has 0 unspecified atom stereocenters. The maximum atomic E-state index is 13.7. The lowest BCUT2D eigenvalue weighted by atomic mass is 10.2. The highest BCUT2D eigenvalue weighted by atomic mass is 32.2. The average molecular weight is 377 g/mol. The highest BCUT2D eigenvalue weighted by molar-refractivity contribution is 7.89. The van der Waals surface area contributed by atoms with E-state index in [2.05, 4.69) is 10.3 Å². The fraction of sp³-hybridized carbons (Fsp3) is 0.333. The molecule has 8 heteroatoms. The number of aromatic nitrogens is 1. The predicted octanol–water partition coefficient (Wildman–Crippen LogP) is 2.00. The molecular formula is C18H20FN3O3S. The largest absolute Gasteiger partial charge is 0.352 e. The Morgan fingerprint density at radius 2 is 2.00 bits per heavy atom. The number of sulfonamides is 1. The number of hydrogen-bond acceptors (Lipinski definition) is 4. The van der Waals surface area contributed by atoms with Crippen molar-refractivity contribution in [1.29, 1.82) is 0 Å². The zero-order valence-electron chi connectivity index (χ0n) is 14.4. The molecule has 3 rings (SSSR count). The van der Waals surface area contributed by atoms with Crippen molar-refractivity contribution in [2.24, 2.45) is 0 Å². The average Bonchev–Trinajstić information content (AvgIpc) is 3.02. The number of aryl methyl sites for hydroxylation is 1. The van der Waals surface area contributed by atoms with E-state index in [1.54, 1.807) is 31.5 Å². The number of nitrogens with zero attached hydrogens (tertiary/aromatic N) is 2. The normalized spacial score (nSPS) is 17.5. The summed E-state index contributed by atoms with van der Waals surface area (Å²) in [6, 6.07) is 6.93. The van der Waals surface area contributed by atoms with Crippen LogP contribution in [0.2, 0.25) is 0 Å². The van der Waals surface area contributed by atoms with Crippen molar-refractivity contribution in [3.63, 3.8) is 0 Å². The molecule has 138 valence electrons. The van der Waals surface area contributed by atoms with Crippen LogP contribution in [-0.2, 0) is 21.4 Å². The van der Waals surface area contributed by atoms with E-state index in [4.69, 9.17) is 0 Å². The van der Waals surface area contributed by atoms with Crippen LogP contribution in [0.5, 0.6) is 0 Å². The topological polar surface area (TPSA) is 79.4 Å². The number of amides is 1. The monoisotopic (exact) mass is 377 g/mol. The smallest absolute Gasteiger partial charge is 0.243 e. The molecule has 1 N–H and O–H groups in total. The Balaban J connectivity index is 1.95. The van der Waals surface area contributed by atoms with Crippen molar-refractivity contribution >= 4 is 15.9 Å². The molecule has 1 saturated heterocycles. The third kappa shape index (κ3) is 4.08. The van der Waals surface area contributed by atoms with Gasteiger partial charge in [-0.2, -0.15) is 4.31 Å². The molecule has 1 atom stereocenters. The second kappa shape index (κ2) is 7.51. The van der Waals surface area contributed by atoms with Gasteiger partial charge in [0.25, 0.3) is 0 Å². The Morgan fingerprint density at radius 3 is 2.65 bits per heavy atom. The van der Waals surface area contributed by atoms with Gasteiger partial charge in [0.05, 0.1) is 4.90 Å². The molecule has 26 heavy (non-hydrogen) atoms. The zero-order valence-corrected chi connectivity index (χ0v) is 15.2. The molecule has 0 saturated carbocycles. The molecule has 0 bridgehead atoms. The molecule has 0 aliphatic carbocycles. The molecule has 1 aliphatic rings. The number of hydrogen-bond donors (Lipinski definition) is 1. The minimum Gasteiger partial charge on any atom is -0.352 e. The molecule has 0 spiro atoms. The molecule has 2 heterocycles. The van der Waals surface area contributed by atoms with Crippen LogP contribution >= 0.6 is 0 Å². The number of nitrogens with one attached hydrogen (secondary N) is 1. The van der Waals surface area contributed by atoms with Crippen LogP contribution in [0.3, 0.4) is 0 Å². The van der Waals surface area contributed by atoms with Crippen LogP contribution in [0.4, 0.5) is 4.39 Å². The molecule has 1 aromatic carbocycles. The highest BCUT2D eigenvalue weighted by Crippen LogP contribution is 2.24. The number of benzene rings is 1. The Morgan fingerprint density at radius 1 is 1.27 bits per heavy atom. The Hall–Kier alpha value is -2.32. The summed E-state index contributed by atoms with van der Waals surface area (Å²) in [5.41, 5.74) is 1.24. The fourth-order valence-corrected chi connectivity index (χ4v) is 4.70. The van der Waals surface area contributed by atoms with Crippen molar-refractivity contribution in [2.45, 2.75) is 37.2 Å². The second-order valence-electron chi connectivity index (χ2n) is 6.37. The Labute approximate surface area is 152 Å². The minimum atomic E-state index is -3.94. The molecule has 1 aliphatic heterocycles. The number of rotatable bonds is 6. The lowest BCUT2D eigenvalue weighted by molar-refractivity contribution is -0.119. The van der Waals surface area contributed by atoms with Crippen molar-refractivity contribution in [3.8, 4) is 0 Å². The number of halogens is 1. The highest BCUT2D eigenvalue weighted by Gasteiger charge is 2.31. The fourth-order valence-electron chi connectivity index (χ4n) is 2.99. The molecular weight excluding hydrogens is 357 g/mol. The third-order valence-electron chi connectivity index (χ3n) is 4.39. The first kappa shape index (κ1) is 18.5. The van der Waals surface area contributed by atoms with E-state index >= 15 is 0 Å². The summed E-state index contributed by atoms with van der Waals surface area (Å²) in [6.07, 6.45) is 4.13. The van der Waals surface area contributed by atoms with Gasteiger partial charge in [0, 0.05) is 37.9 Å². The van der Waals surface area contributed by atoms with Crippen LogP contribution in [0.1, 0.15) is 24.0 Å². The summed E-state index contributed by atoms with van der Waals surface area (Å²) in [5, 5.41) is 2.79. The summed E-state index contributed by atoms with van der Waals surface area (Å²) < 4.78 is 41.4. The summed E-state index contributed by atoms with van der Waals surface area (Å²) in [6.45, 7) is 1.88. The Bertz CT molecular complexity index is 903. The summed E-state index contributed by atoms with van der Waals surface area (Å²) in [5.74, 6) is -0.689. The maximum Gasteiger partial charge on any atom is 0.243 e. The van der Waals surface area contributed by atoms with Crippen LogP contribution in [0, 0.1) is 12.7 Å². The van der Waals surface area contributed by atoms with Gasteiger partial charge in [0.2, 0.25) is 15.9 Å². The van der Waals surface area contributed by atoms with Gasteiger partial charge in [-0.05, 0) is 48.7 Å². The van der Waals surface area contributed by atoms with E-state index in [0.717, 1.165) is 11.6 Å². The summed E-state index contributed by atoms with van der Waals surface area (Å²) in [7, 11) is -3.94. The Kier molecular flexibility index (Phi) is 5.33. The van der Waals surface area contributed by atoms with Crippen LogP contribution in [0.25, 0.3) is 0 Å². The van der Waals surface area contributed by atoms with E-state index in [9.17, 15) is 17.6 Å². The number of carbonyl (C=O) groups excluding carboxylic acids is 1. The zero-order chi connectivity index (χ0) is 18.7. The first-order chi connectivity index (χ1) is 12.4. The molecule has 2 aromatic rings. The first-order valence-corrected chi connectivity index (χ1v) is 9.75. The van der Waals surface area contributed by atoms with E-state index < -0.39 is 15.8 Å². The summed E-state index contributed by atoms with van der Waals surface area (Å²) >= 11 is 0. The van der Waals surface area contributed by atoms with Gasteiger partial charge < -0.3 is 5.32 Å². The minimum absolute atomic E-state index is 0.0594.